The number of pyridine rings is 1. The van der Waals surface area contributed by atoms with Crippen molar-refractivity contribution in [2.45, 2.75) is 51.2 Å². The molecular formula is C19H28N4O2. The number of morpholine rings is 1. The molecule has 0 unspecified atom stereocenters. The molecule has 0 aromatic carbocycles. The Balaban J connectivity index is 1.36. The molecule has 3 fully saturated rings. The fraction of sp³-hybridized carbons (Fsp3) is 0.684. The van der Waals surface area contributed by atoms with E-state index in [1.165, 1.54) is 12.8 Å². The van der Waals surface area contributed by atoms with Crippen LogP contribution in [-0.4, -0.2) is 54.3 Å². The van der Waals surface area contributed by atoms with E-state index in [1.807, 2.05) is 12.3 Å². The lowest BCUT2D eigenvalue weighted by atomic mass is 10.2. The average Bonchev–Trinajstić information content (AvgIpc) is 3.54. The molecule has 3 aliphatic rings. The van der Waals surface area contributed by atoms with E-state index in [0.29, 0.717) is 24.5 Å². The van der Waals surface area contributed by atoms with Crippen molar-refractivity contribution in [1.82, 2.24) is 15.2 Å². The predicted molar refractivity (Wildman–Crippen MR) is 96.6 cm³/mol. The van der Waals surface area contributed by atoms with Gasteiger partial charge in [-0.05, 0) is 56.2 Å². The van der Waals surface area contributed by atoms with E-state index in [-0.39, 0.29) is 6.03 Å². The van der Waals surface area contributed by atoms with Gasteiger partial charge in [0, 0.05) is 37.9 Å². The fourth-order valence-electron chi connectivity index (χ4n) is 3.65. The zero-order valence-corrected chi connectivity index (χ0v) is 15.0. The Hall–Kier alpha value is -1.82. The van der Waals surface area contributed by atoms with Gasteiger partial charge in [0.25, 0.3) is 0 Å². The number of carbonyl (C=O) groups is 1. The summed E-state index contributed by atoms with van der Waals surface area (Å²) < 4.78 is 5.40. The highest BCUT2D eigenvalue weighted by atomic mass is 16.5. The number of amides is 2. The van der Waals surface area contributed by atoms with Gasteiger partial charge in [-0.15, -0.1) is 0 Å². The molecule has 0 spiro atoms. The van der Waals surface area contributed by atoms with Crippen molar-refractivity contribution >= 4 is 11.8 Å². The first-order chi connectivity index (χ1) is 12.2. The van der Waals surface area contributed by atoms with E-state index >= 15 is 0 Å². The Morgan fingerprint density at radius 2 is 2.12 bits per heavy atom. The van der Waals surface area contributed by atoms with E-state index in [0.717, 1.165) is 50.5 Å². The third-order valence-electron chi connectivity index (χ3n) is 5.51. The molecule has 1 saturated heterocycles. The number of urea groups is 1. The number of aromatic nitrogens is 1. The lowest BCUT2D eigenvalue weighted by Gasteiger charge is -2.30. The summed E-state index contributed by atoms with van der Waals surface area (Å²) in [6.07, 6.45) is 6.68. The third kappa shape index (κ3) is 4.06. The van der Waals surface area contributed by atoms with Gasteiger partial charge in [-0.2, -0.15) is 0 Å². The summed E-state index contributed by atoms with van der Waals surface area (Å²) in [5, 5.41) is 3.13. The zero-order chi connectivity index (χ0) is 17.2. The quantitative estimate of drug-likeness (QED) is 0.861. The van der Waals surface area contributed by atoms with Crippen LogP contribution in [0.4, 0.5) is 10.6 Å². The predicted octanol–water partition coefficient (Wildman–Crippen LogP) is 2.39. The van der Waals surface area contributed by atoms with Crippen LogP contribution in [0.2, 0.25) is 0 Å². The molecule has 1 aromatic heterocycles. The van der Waals surface area contributed by atoms with Gasteiger partial charge in [0.15, 0.2) is 0 Å². The normalized spacial score (nSPS) is 21.7. The van der Waals surface area contributed by atoms with Crippen LogP contribution in [0, 0.1) is 5.92 Å². The first-order valence-corrected chi connectivity index (χ1v) is 9.56. The molecule has 2 heterocycles. The van der Waals surface area contributed by atoms with Gasteiger partial charge < -0.3 is 19.9 Å². The second-order valence-electron chi connectivity index (χ2n) is 7.50. The van der Waals surface area contributed by atoms with Gasteiger partial charge in [0.2, 0.25) is 0 Å². The lowest BCUT2D eigenvalue weighted by Crippen LogP contribution is -2.47. The highest BCUT2D eigenvalue weighted by molar-refractivity contribution is 5.75. The first kappa shape index (κ1) is 16.6. The average molecular weight is 344 g/mol. The summed E-state index contributed by atoms with van der Waals surface area (Å²) in [5.74, 6) is 1.68. The summed E-state index contributed by atoms with van der Waals surface area (Å²) in [5.41, 5.74) is 1.10. The minimum atomic E-state index is 0.0895. The third-order valence-corrected chi connectivity index (χ3v) is 5.51. The number of nitrogens with one attached hydrogen (secondary N) is 1. The molecule has 0 radical (unpaired) electrons. The van der Waals surface area contributed by atoms with Gasteiger partial charge >= 0.3 is 6.03 Å². The van der Waals surface area contributed by atoms with Crippen molar-refractivity contribution in [3.63, 3.8) is 0 Å². The summed E-state index contributed by atoms with van der Waals surface area (Å²) in [4.78, 5) is 21.5. The highest BCUT2D eigenvalue weighted by Crippen LogP contribution is 2.39. The van der Waals surface area contributed by atoms with Crippen LogP contribution in [0.5, 0.6) is 0 Å². The number of hydrogen-bond donors (Lipinski definition) is 1. The van der Waals surface area contributed by atoms with Crippen LogP contribution >= 0.6 is 0 Å². The highest BCUT2D eigenvalue weighted by Gasteiger charge is 2.41. The second kappa shape index (κ2) is 7.20. The minimum Gasteiger partial charge on any atom is -0.378 e. The van der Waals surface area contributed by atoms with Crippen molar-refractivity contribution in [3.8, 4) is 0 Å². The first-order valence-electron chi connectivity index (χ1n) is 9.56. The summed E-state index contributed by atoms with van der Waals surface area (Å²) in [7, 11) is 0. The molecule has 1 aromatic rings. The molecule has 1 atom stereocenters. The number of nitrogens with zero attached hydrogens (tertiary/aromatic N) is 3. The SMILES string of the molecule is C[C@@H](C1CC1)N(C(=O)NCc1ccnc(N2CCOCC2)c1)C1CC1. The Kier molecular flexibility index (Phi) is 4.79. The molecule has 4 rings (SSSR count). The van der Waals surface area contributed by atoms with Crippen LogP contribution in [-0.2, 0) is 11.3 Å². The maximum Gasteiger partial charge on any atom is 0.318 e. The van der Waals surface area contributed by atoms with Crippen molar-refractivity contribution in [3.05, 3.63) is 23.9 Å². The summed E-state index contributed by atoms with van der Waals surface area (Å²) >= 11 is 0. The molecule has 1 aliphatic heterocycles. The molecule has 2 saturated carbocycles. The van der Waals surface area contributed by atoms with E-state index in [9.17, 15) is 4.79 Å². The monoisotopic (exact) mass is 344 g/mol. The Bertz CT molecular complexity index is 609. The van der Waals surface area contributed by atoms with Crippen molar-refractivity contribution < 1.29 is 9.53 Å². The van der Waals surface area contributed by atoms with Gasteiger partial charge in [0.05, 0.1) is 13.2 Å². The molecule has 6 heteroatoms. The topological polar surface area (TPSA) is 57.7 Å². The van der Waals surface area contributed by atoms with E-state index in [2.05, 4.69) is 33.1 Å². The Labute approximate surface area is 149 Å². The molecule has 136 valence electrons. The maximum absolute atomic E-state index is 12.7. The minimum absolute atomic E-state index is 0.0895. The van der Waals surface area contributed by atoms with E-state index in [4.69, 9.17) is 4.74 Å². The van der Waals surface area contributed by atoms with Gasteiger partial charge in [-0.25, -0.2) is 9.78 Å². The van der Waals surface area contributed by atoms with Gasteiger partial charge in [-0.3, -0.25) is 0 Å². The largest absolute Gasteiger partial charge is 0.378 e. The van der Waals surface area contributed by atoms with Crippen molar-refractivity contribution in [2.24, 2.45) is 5.92 Å². The second-order valence-corrected chi connectivity index (χ2v) is 7.50. The summed E-state index contributed by atoms with van der Waals surface area (Å²) in [6.45, 7) is 6.00. The molecule has 2 amide bonds. The number of ether oxygens (including phenoxy) is 1. The number of carbonyl (C=O) groups excluding carboxylic acids is 1. The molecule has 0 bridgehead atoms. The Morgan fingerprint density at radius 1 is 1.36 bits per heavy atom. The van der Waals surface area contributed by atoms with Crippen LogP contribution in [0.25, 0.3) is 0 Å². The standard InChI is InChI=1S/C19H28N4O2/c1-14(16-2-3-16)23(17-4-5-17)19(24)21-13-15-6-7-20-18(12-15)22-8-10-25-11-9-22/h6-7,12,14,16-17H,2-5,8-11,13H2,1H3,(H,21,24)/t14-/m0/s1. The van der Waals surface area contributed by atoms with Crippen molar-refractivity contribution in [2.75, 3.05) is 31.2 Å². The van der Waals surface area contributed by atoms with Gasteiger partial charge in [0.1, 0.15) is 5.82 Å². The molecule has 2 aliphatic carbocycles. The lowest BCUT2D eigenvalue weighted by molar-refractivity contribution is 0.122. The van der Waals surface area contributed by atoms with Gasteiger partial charge in [-0.1, -0.05) is 0 Å². The van der Waals surface area contributed by atoms with Crippen LogP contribution in [0.3, 0.4) is 0 Å². The number of rotatable bonds is 6. The van der Waals surface area contributed by atoms with Crippen molar-refractivity contribution in [1.29, 1.82) is 0 Å². The van der Waals surface area contributed by atoms with Crippen LogP contribution in [0.15, 0.2) is 18.3 Å². The zero-order valence-electron chi connectivity index (χ0n) is 15.0. The number of anilines is 1. The Morgan fingerprint density at radius 3 is 2.80 bits per heavy atom. The summed E-state index contributed by atoms with van der Waals surface area (Å²) in [6, 6.07) is 4.98. The molecule has 1 N–H and O–H groups in total. The van der Waals surface area contributed by atoms with E-state index in [1.54, 1.807) is 0 Å². The molecule has 6 nitrogen and oxygen atoms in total. The van der Waals surface area contributed by atoms with Crippen LogP contribution in [0.1, 0.15) is 38.2 Å². The van der Waals surface area contributed by atoms with Crippen LogP contribution < -0.4 is 10.2 Å². The van der Waals surface area contributed by atoms with E-state index < -0.39 is 0 Å². The fourth-order valence-corrected chi connectivity index (χ4v) is 3.65. The number of hydrogen-bond acceptors (Lipinski definition) is 4. The molecule has 25 heavy (non-hydrogen) atoms. The molecular weight excluding hydrogens is 316 g/mol. The maximum atomic E-state index is 12.7. The smallest absolute Gasteiger partial charge is 0.318 e.